The molecule has 0 spiro atoms. The third-order valence-corrected chi connectivity index (χ3v) is 3.45. The molecular formula is C16H14N6O2. The largest absolute Gasteiger partial charge is 0.439 e. The summed E-state index contributed by atoms with van der Waals surface area (Å²) < 4.78 is 5.76. The molecule has 4 aromatic rings. The lowest BCUT2D eigenvalue weighted by Crippen LogP contribution is -1.97. The van der Waals surface area contributed by atoms with Crippen molar-refractivity contribution in [2.45, 2.75) is 6.92 Å². The second kappa shape index (κ2) is 5.58. The number of aromatic nitrogens is 5. The molecule has 0 unspecified atom stereocenters. The molecule has 0 amide bonds. The lowest BCUT2D eigenvalue weighted by atomic mass is 10.2. The summed E-state index contributed by atoms with van der Waals surface area (Å²) in [7, 11) is 0. The lowest BCUT2D eigenvalue weighted by Gasteiger charge is -2.07. The Morgan fingerprint density at radius 3 is 2.83 bits per heavy atom. The maximum absolute atomic E-state index is 11.5. The topological polar surface area (TPSA) is 111 Å². The quantitative estimate of drug-likeness (QED) is 0.461. The van der Waals surface area contributed by atoms with Crippen LogP contribution in [0, 0.1) is 6.92 Å². The summed E-state index contributed by atoms with van der Waals surface area (Å²) in [6, 6.07) is 12.5. The van der Waals surface area contributed by atoms with Crippen LogP contribution in [0.15, 0.2) is 47.3 Å². The Labute approximate surface area is 135 Å². The van der Waals surface area contributed by atoms with Crippen molar-refractivity contribution in [3.63, 3.8) is 0 Å². The molecule has 4 N–H and O–H groups in total. The molecule has 1 aromatic carbocycles. The average Bonchev–Trinajstić information content (AvgIpc) is 3.14. The Balaban J connectivity index is 1.57. The maximum Gasteiger partial charge on any atom is 0.271 e. The van der Waals surface area contributed by atoms with Crippen molar-refractivity contribution < 1.29 is 4.74 Å². The highest BCUT2D eigenvalue weighted by Crippen LogP contribution is 2.24. The fourth-order valence-corrected chi connectivity index (χ4v) is 2.36. The second-order valence-corrected chi connectivity index (χ2v) is 5.31. The number of rotatable bonds is 4. The minimum atomic E-state index is -0.157. The van der Waals surface area contributed by atoms with Crippen LogP contribution in [0.2, 0.25) is 0 Å². The van der Waals surface area contributed by atoms with Gasteiger partial charge in [-0.05, 0) is 25.1 Å². The van der Waals surface area contributed by atoms with Crippen LogP contribution in [0.4, 0.5) is 11.6 Å². The minimum absolute atomic E-state index is 0.157. The fourth-order valence-electron chi connectivity index (χ4n) is 2.36. The molecule has 0 fully saturated rings. The molecule has 8 nitrogen and oxygen atoms in total. The first-order valence-electron chi connectivity index (χ1n) is 7.32. The van der Waals surface area contributed by atoms with Gasteiger partial charge in [-0.15, -0.1) is 0 Å². The molecule has 3 heterocycles. The van der Waals surface area contributed by atoms with Gasteiger partial charge in [-0.2, -0.15) is 10.1 Å². The number of hydrogen-bond acceptors (Lipinski definition) is 5. The van der Waals surface area contributed by atoms with Gasteiger partial charge < -0.3 is 10.1 Å². The molecule has 4 rings (SSSR count). The van der Waals surface area contributed by atoms with Crippen molar-refractivity contribution in [1.82, 2.24) is 25.4 Å². The monoisotopic (exact) mass is 322 g/mol. The third-order valence-electron chi connectivity index (χ3n) is 3.45. The SMILES string of the molecule is Cc1cc(Nc2cccc(Oc3ccc4c(=O)[nH][nH]c4c3)n2)n[nH]1. The zero-order valence-corrected chi connectivity index (χ0v) is 12.8. The van der Waals surface area contributed by atoms with Crippen LogP contribution in [-0.2, 0) is 0 Å². The predicted octanol–water partition coefficient (Wildman–Crippen LogP) is 2.82. The Kier molecular flexibility index (Phi) is 3.27. The summed E-state index contributed by atoms with van der Waals surface area (Å²) in [5.41, 5.74) is 1.48. The van der Waals surface area contributed by atoms with Crippen LogP contribution in [0.3, 0.4) is 0 Å². The average molecular weight is 322 g/mol. The minimum Gasteiger partial charge on any atom is -0.439 e. The first-order valence-corrected chi connectivity index (χ1v) is 7.32. The molecule has 0 aliphatic carbocycles. The zero-order chi connectivity index (χ0) is 16.5. The van der Waals surface area contributed by atoms with Crippen molar-refractivity contribution in [1.29, 1.82) is 0 Å². The van der Waals surface area contributed by atoms with Gasteiger partial charge in [-0.25, -0.2) is 0 Å². The molecule has 0 bridgehead atoms. The zero-order valence-electron chi connectivity index (χ0n) is 12.8. The number of fused-ring (bicyclic) bond motifs is 1. The van der Waals surface area contributed by atoms with Gasteiger partial charge in [0, 0.05) is 23.9 Å². The van der Waals surface area contributed by atoms with E-state index in [0.29, 0.717) is 34.2 Å². The van der Waals surface area contributed by atoms with Crippen LogP contribution in [0.25, 0.3) is 10.9 Å². The van der Waals surface area contributed by atoms with E-state index in [-0.39, 0.29) is 5.56 Å². The van der Waals surface area contributed by atoms with E-state index < -0.39 is 0 Å². The van der Waals surface area contributed by atoms with Gasteiger partial charge >= 0.3 is 0 Å². The maximum atomic E-state index is 11.5. The predicted molar refractivity (Wildman–Crippen MR) is 89.8 cm³/mol. The van der Waals surface area contributed by atoms with Crippen LogP contribution in [0.1, 0.15) is 5.69 Å². The highest BCUT2D eigenvalue weighted by Gasteiger charge is 2.06. The van der Waals surface area contributed by atoms with Crippen molar-refractivity contribution in [3.05, 3.63) is 58.5 Å². The molecular weight excluding hydrogens is 308 g/mol. The first-order chi connectivity index (χ1) is 11.7. The number of nitrogens with zero attached hydrogens (tertiary/aromatic N) is 2. The molecule has 0 saturated heterocycles. The first kappa shape index (κ1) is 14.1. The Bertz CT molecular complexity index is 1060. The summed E-state index contributed by atoms with van der Waals surface area (Å²) >= 11 is 0. The summed E-state index contributed by atoms with van der Waals surface area (Å²) in [6.45, 7) is 1.92. The van der Waals surface area contributed by atoms with E-state index in [2.05, 4.69) is 30.7 Å². The third kappa shape index (κ3) is 2.72. The van der Waals surface area contributed by atoms with Crippen molar-refractivity contribution in [2.75, 3.05) is 5.32 Å². The number of anilines is 2. The molecule has 0 radical (unpaired) electrons. The van der Waals surface area contributed by atoms with E-state index >= 15 is 0 Å². The van der Waals surface area contributed by atoms with E-state index in [4.69, 9.17) is 4.74 Å². The molecule has 0 aliphatic rings. The van der Waals surface area contributed by atoms with Gasteiger partial charge in [0.15, 0.2) is 5.82 Å². The van der Waals surface area contributed by atoms with E-state index in [9.17, 15) is 4.79 Å². The van der Waals surface area contributed by atoms with Crippen LogP contribution >= 0.6 is 0 Å². The molecule has 8 heteroatoms. The number of nitrogens with one attached hydrogen (secondary N) is 4. The second-order valence-electron chi connectivity index (χ2n) is 5.31. The van der Waals surface area contributed by atoms with Crippen LogP contribution < -0.4 is 15.6 Å². The number of aryl methyl sites for hydroxylation is 1. The van der Waals surface area contributed by atoms with Gasteiger partial charge in [0.2, 0.25) is 5.88 Å². The Morgan fingerprint density at radius 1 is 1.08 bits per heavy atom. The summed E-state index contributed by atoms with van der Waals surface area (Å²) in [6.07, 6.45) is 0. The number of ether oxygens (including phenoxy) is 1. The van der Waals surface area contributed by atoms with Crippen molar-refractivity contribution in [3.8, 4) is 11.6 Å². The number of aromatic amines is 3. The highest BCUT2D eigenvalue weighted by atomic mass is 16.5. The normalized spacial score (nSPS) is 10.9. The summed E-state index contributed by atoms with van der Waals surface area (Å²) in [5, 5.41) is 16.0. The number of benzene rings is 1. The number of pyridine rings is 1. The molecule has 24 heavy (non-hydrogen) atoms. The Hall–Kier alpha value is -3.55. The molecule has 3 aromatic heterocycles. The molecule has 120 valence electrons. The number of H-pyrrole nitrogens is 3. The van der Waals surface area contributed by atoms with E-state index in [1.165, 1.54) is 0 Å². The van der Waals surface area contributed by atoms with E-state index in [0.717, 1.165) is 5.69 Å². The lowest BCUT2D eigenvalue weighted by molar-refractivity contribution is 0.464. The summed E-state index contributed by atoms with van der Waals surface area (Å²) in [4.78, 5) is 15.9. The highest BCUT2D eigenvalue weighted by molar-refractivity contribution is 5.79. The standard InChI is InChI=1S/C16H14N6O2/c1-9-7-14(21-19-9)17-13-3-2-4-15(18-13)24-10-5-6-11-12(8-10)20-22-16(11)23/h2-8H,1H3,(H2,20,22,23)(H2,17,18,19,21). The summed E-state index contributed by atoms with van der Waals surface area (Å²) in [5.74, 6) is 2.32. The molecule has 0 saturated carbocycles. The van der Waals surface area contributed by atoms with Crippen LogP contribution in [0.5, 0.6) is 11.6 Å². The fraction of sp³-hybridized carbons (Fsp3) is 0.0625. The Morgan fingerprint density at radius 2 is 2.00 bits per heavy atom. The van der Waals surface area contributed by atoms with Gasteiger partial charge in [-0.3, -0.25) is 20.1 Å². The number of hydrogen-bond donors (Lipinski definition) is 4. The van der Waals surface area contributed by atoms with Crippen molar-refractivity contribution in [2.24, 2.45) is 0 Å². The van der Waals surface area contributed by atoms with E-state index in [1.54, 1.807) is 24.3 Å². The van der Waals surface area contributed by atoms with Gasteiger partial charge in [0.25, 0.3) is 5.56 Å². The molecule has 0 aliphatic heterocycles. The van der Waals surface area contributed by atoms with Gasteiger partial charge in [0.05, 0.1) is 10.9 Å². The van der Waals surface area contributed by atoms with E-state index in [1.807, 2.05) is 25.1 Å². The van der Waals surface area contributed by atoms with Crippen molar-refractivity contribution >= 4 is 22.5 Å². The smallest absolute Gasteiger partial charge is 0.271 e. The van der Waals surface area contributed by atoms with Gasteiger partial charge in [0.1, 0.15) is 11.6 Å². The van der Waals surface area contributed by atoms with Crippen LogP contribution in [-0.4, -0.2) is 25.4 Å². The van der Waals surface area contributed by atoms with Gasteiger partial charge in [-0.1, -0.05) is 6.07 Å². The molecule has 0 atom stereocenters.